The minimum absolute atomic E-state index is 0.0682. The predicted molar refractivity (Wildman–Crippen MR) is 84.0 cm³/mol. The van der Waals surface area contributed by atoms with Crippen molar-refractivity contribution in [1.29, 1.82) is 0 Å². The molecule has 0 aliphatic rings. The van der Waals surface area contributed by atoms with Crippen LogP contribution in [0.1, 0.15) is 18.4 Å². The first-order valence-electron chi connectivity index (χ1n) is 7.19. The highest BCUT2D eigenvalue weighted by atomic mass is 16.5. The lowest BCUT2D eigenvalue weighted by Crippen LogP contribution is -2.27. The molecule has 0 radical (unpaired) electrons. The summed E-state index contributed by atoms with van der Waals surface area (Å²) in [5.41, 5.74) is 0.986. The lowest BCUT2D eigenvalue weighted by atomic mass is 10.1. The first kappa shape index (κ1) is 17.3. The molecule has 0 saturated carbocycles. The Balaban J connectivity index is 2.41. The maximum atomic E-state index is 11.8. The number of aryl methyl sites for hydroxylation is 1. The molecule has 0 spiro atoms. The van der Waals surface area contributed by atoms with Gasteiger partial charge in [-0.15, -0.1) is 0 Å². The zero-order valence-corrected chi connectivity index (χ0v) is 13.4. The topological polar surface area (TPSA) is 50.8 Å². The van der Waals surface area contributed by atoms with Gasteiger partial charge in [0.2, 0.25) is 5.91 Å². The summed E-state index contributed by atoms with van der Waals surface area (Å²) in [5, 5.41) is 2.94. The molecule has 0 atom stereocenters. The molecule has 118 valence electrons. The molecule has 1 N–H and O–H groups in total. The standard InChI is InChI=1S/C16H26N2O3/c1-18(2)11-5-10-17-16(19)9-6-13-12-14(20-3)7-8-15(13)21-4/h7-8,12H,5-6,9-11H2,1-4H3,(H,17,19). The highest BCUT2D eigenvalue weighted by Gasteiger charge is 2.08. The van der Waals surface area contributed by atoms with E-state index in [0.29, 0.717) is 19.4 Å². The molecule has 0 aliphatic heterocycles. The zero-order valence-electron chi connectivity index (χ0n) is 13.4. The summed E-state index contributed by atoms with van der Waals surface area (Å²) in [7, 11) is 7.31. The van der Waals surface area contributed by atoms with E-state index >= 15 is 0 Å². The van der Waals surface area contributed by atoms with Crippen LogP contribution in [0, 0.1) is 0 Å². The summed E-state index contributed by atoms with van der Waals surface area (Å²) < 4.78 is 10.5. The summed E-state index contributed by atoms with van der Waals surface area (Å²) in [6.45, 7) is 1.69. The number of hydrogen-bond donors (Lipinski definition) is 1. The smallest absolute Gasteiger partial charge is 0.220 e. The molecule has 0 saturated heterocycles. The molecule has 0 fully saturated rings. The second kappa shape index (κ2) is 9.23. The number of carbonyl (C=O) groups is 1. The predicted octanol–water partition coefficient (Wildman–Crippen LogP) is 1.70. The second-order valence-electron chi connectivity index (χ2n) is 5.18. The van der Waals surface area contributed by atoms with Crippen molar-refractivity contribution >= 4 is 5.91 Å². The molecule has 5 nitrogen and oxygen atoms in total. The molecular weight excluding hydrogens is 268 g/mol. The fourth-order valence-corrected chi connectivity index (χ4v) is 2.04. The Morgan fingerprint density at radius 1 is 1.24 bits per heavy atom. The third kappa shape index (κ3) is 6.49. The van der Waals surface area contributed by atoms with Crippen LogP contribution in [0.4, 0.5) is 0 Å². The minimum atomic E-state index is 0.0682. The van der Waals surface area contributed by atoms with Gasteiger partial charge >= 0.3 is 0 Å². The van der Waals surface area contributed by atoms with E-state index in [4.69, 9.17) is 9.47 Å². The third-order valence-electron chi connectivity index (χ3n) is 3.21. The molecule has 1 aromatic carbocycles. The largest absolute Gasteiger partial charge is 0.497 e. The number of hydrogen-bond acceptors (Lipinski definition) is 4. The third-order valence-corrected chi connectivity index (χ3v) is 3.21. The van der Waals surface area contributed by atoms with E-state index in [9.17, 15) is 4.79 Å². The Bertz CT molecular complexity index is 447. The van der Waals surface area contributed by atoms with Gasteiger partial charge in [-0.2, -0.15) is 0 Å². The van der Waals surface area contributed by atoms with Crippen molar-refractivity contribution in [2.45, 2.75) is 19.3 Å². The maximum absolute atomic E-state index is 11.8. The molecule has 21 heavy (non-hydrogen) atoms. The number of nitrogens with zero attached hydrogens (tertiary/aromatic N) is 1. The van der Waals surface area contributed by atoms with Crippen molar-refractivity contribution < 1.29 is 14.3 Å². The second-order valence-corrected chi connectivity index (χ2v) is 5.18. The van der Waals surface area contributed by atoms with Gasteiger partial charge in [0.15, 0.2) is 0 Å². The Hall–Kier alpha value is -1.75. The first-order valence-corrected chi connectivity index (χ1v) is 7.19. The van der Waals surface area contributed by atoms with Gasteiger partial charge in [-0.3, -0.25) is 4.79 Å². The van der Waals surface area contributed by atoms with Gasteiger partial charge in [-0.05, 0) is 57.2 Å². The number of carbonyl (C=O) groups excluding carboxylic acids is 1. The maximum Gasteiger partial charge on any atom is 0.220 e. The van der Waals surface area contributed by atoms with Crippen LogP contribution in [0.15, 0.2) is 18.2 Å². The average Bonchev–Trinajstić information content (AvgIpc) is 2.48. The van der Waals surface area contributed by atoms with Gasteiger partial charge in [0.1, 0.15) is 11.5 Å². The molecule has 0 heterocycles. The van der Waals surface area contributed by atoms with Gasteiger partial charge in [-0.25, -0.2) is 0 Å². The molecule has 0 aliphatic carbocycles. The van der Waals surface area contributed by atoms with E-state index in [2.05, 4.69) is 10.2 Å². The van der Waals surface area contributed by atoms with E-state index in [-0.39, 0.29) is 5.91 Å². The van der Waals surface area contributed by atoms with E-state index in [1.165, 1.54) is 0 Å². The van der Waals surface area contributed by atoms with Crippen molar-refractivity contribution in [3.8, 4) is 11.5 Å². The molecule has 0 aromatic heterocycles. The highest BCUT2D eigenvalue weighted by molar-refractivity contribution is 5.76. The summed E-state index contributed by atoms with van der Waals surface area (Å²) in [6.07, 6.45) is 2.05. The number of rotatable bonds is 9. The van der Waals surface area contributed by atoms with Gasteiger partial charge in [0.25, 0.3) is 0 Å². The normalized spacial score (nSPS) is 10.5. The van der Waals surface area contributed by atoms with E-state index in [1.807, 2.05) is 32.3 Å². The summed E-state index contributed by atoms with van der Waals surface area (Å²) >= 11 is 0. The number of nitrogens with one attached hydrogen (secondary N) is 1. The lowest BCUT2D eigenvalue weighted by Gasteiger charge is -2.11. The van der Waals surface area contributed by atoms with Crippen molar-refractivity contribution in [2.24, 2.45) is 0 Å². The fraction of sp³-hybridized carbons (Fsp3) is 0.562. The molecule has 0 bridgehead atoms. The molecule has 5 heteroatoms. The van der Waals surface area contributed by atoms with Crippen LogP contribution in [0.5, 0.6) is 11.5 Å². The van der Waals surface area contributed by atoms with Gasteiger partial charge < -0.3 is 19.7 Å². The van der Waals surface area contributed by atoms with Crippen molar-refractivity contribution in [3.63, 3.8) is 0 Å². The highest BCUT2D eigenvalue weighted by Crippen LogP contribution is 2.24. The summed E-state index contributed by atoms with van der Waals surface area (Å²) in [5.74, 6) is 1.63. The van der Waals surface area contributed by atoms with Crippen LogP contribution in [0.2, 0.25) is 0 Å². The quantitative estimate of drug-likeness (QED) is 0.704. The molecular formula is C16H26N2O3. The minimum Gasteiger partial charge on any atom is -0.497 e. The van der Waals surface area contributed by atoms with E-state index < -0.39 is 0 Å². The number of amides is 1. The molecule has 1 rings (SSSR count). The Kier molecular flexibility index (Phi) is 7.61. The zero-order chi connectivity index (χ0) is 15.7. The van der Waals surface area contributed by atoms with Gasteiger partial charge in [0, 0.05) is 13.0 Å². The Morgan fingerprint density at radius 2 is 2.00 bits per heavy atom. The van der Waals surface area contributed by atoms with Gasteiger partial charge in [0.05, 0.1) is 14.2 Å². The van der Waals surface area contributed by atoms with Crippen LogP contribution in [0.3, 0.4) is 0 Å². The molecule has 1 amide bonds. The Labute approximate surface area is 127 Å². The van der Waals surface area contributed by atoms with Crippen molar-refractivity contribution in [1.82, 2.24) is 10.2 Å². The van der Waals surface area contributed by atoms with Crippen LogP contribution >= 0.6 is 0 Å². The van der Waals surface area contributed by atoms with E-state index in [1.54, 1.807) is 14.2 Å². The monoisotopic (exact) mass is 294 g/mol. The first-order chi connectivity index (χ1) is 10.1. The molecule has 1 aromatic rings. The summed E-state index contributed by atoms with van der Waals surface area (Å²) in [4.78, 5) is 13.9. The molecule has 0 unspecified atom stereocenters. The number of methoxy groups -OCH3 is 2. The number of ether oxygens (including phenoxy) is 2. The van der Waals surface area contributed by atoms with Crippen LogP contribution in [-0.2, 0) is 11.2 Å². The fourth-order valence-electron chi connectivity index (χ4n) is 2.04. The van der Waals surface area contributed by atoms with Gasteiger partial charge in [-0.1, -0.05) is 0 Å². The summed E-state index contributed by atoms with van der Waals surface area (Å²) in [6, 6.07) is 5.63. The van der Waals surface area contributed by atoms with Crippen LogP contribution in [0.25, 0.3) is 0 Å². The SMILES string of the molecule is COc1ccc(OC)c(CCC(=O)NCCCN(C)C)c1. The van der Waals surface area contributed by atoms with Crippen LogP contribution in [-0.4, -0.2) is 52.2 Å². The lowest BCUT2D eigenvalue weighted by molar-refractivity contribution is -0.121. The Morgan fingerprint density at radius 3 is 2.62 bits per heavy atom. The van der Waals surface area contributed by atoms with Crippen molar-refractivity contribution in [3.05, 3.63) is 23.8 Å². The van der Waals surface area contributed by atoms with Crippen molar-refractivity contribution in [2.75, 3.05) is 41.4 Å². The average molecular weight is 294 g/mol. The number of benzene rings is 1. The van der Waals surface area contributed by atoms with Crippen LogP contribution < -0.4 is 14.8 Å². The van der Waals surface area contributed by atoms with E-state index in [0.717, 1.165) is 30.0 Å².